The number of fused-ring (bicyclic) bond motifs is 1. The van der Waals surface area contributed by atoms with Gasteiger partial charge in [0.1, 0.15) is 17.1 Å². The molecule has 3 heterocycles. The standard InChI is InChI=1S/C22H16F3N3O4/c1-31-15-9-10-17-18(21(30)32-20(29)16-4-2-3-11-26-16)19(27-28(17)12-15)13-5-7-14(8-6-13)22(23,24)25/h2-12,21,30H,1H3. The Morgan fingerprint density at radius 3 is 2.47 bits per heavy atom. The second kappa shape index (κ2) is 8.31. The van der Waals surface area contributed by atoms with Gasteiger partial charge in [-0.2, -0.15) is 18.3 Å². The van der Waals surface area contributed by atoms with Crippen molar-refractivity contribution < 1.29 is 32.5 Å². The largest absolute Gasteiger partial charge is 0.495 e. The number of aliphatic hydroxyl groups excluding tert-OH is 1. The molecule has 1 N–H and O–H groups in total. The quantitative estimate of drug-likeness (QED) is 0.366. The van der Waals surface area contributed by atoms with Crippen LogP contribution in [0.25, 0.3) is 16.8 Å². The normalized spacial score (nSPS) is 12.5. The summed E-state index contributed by atoms with van der Waals surface area (Å²) in [4.78, 5) is 16.3. The van der Waals surface area contributed by atoms with Crippen molar-refractivity contribution >= 4 is 11.5 Å². The van der Waals surface area contributed by atoms with E-state index < -0.39 is 24.0 Å². The van der Waals surface area contributed by atoms with Gasteiger partial charge < -0.3 is 14.6 Å². The molecule has 0 amide bonds. The molecule has 1 unspecified atom stereocenters. The Morgan fingerprint density at radius 1 is 1.09 bits per heavy atom. The SMILES string of the molecule is COc1ccc2c(C(O)OC(=O)c3ccccn3)c(-c3ccc(C(F)(F)F)cc3)nn2c1. The summed E-state index contributed by atoms with van der Waals surface area (Å²) >= 11 is 0. The molecule has 0 aliphatic rings. The first-order chi connectivity index (χ1) is 15.3. The van der Waals surface area contributed by atoms with E-state index in [4.69, 9.17) is 9.47 Å². The predicted octanol–water partition coefficient (Wildman–Crippen LogP) is 4.27. The number of ether oxygens (including phenoxy) is 2. The second-order valence-corrected chi connectivity index (χ2v) is 6.71. The van der Waals surface area contributed by atoms with Crippen molar-refractivity contribution in [2.24, 2.45) is 0 Å². The molecule has 0 spiro atoms. The van der Waals surface area contributed by atoms with E-state index in [9.17, 15) is 23.1 Å². The third-order valence-electron chi connectivity index (χ3n) is 4.70. The molecule has 10 heteroatoms. The zero-order valence-electron chi connectivity index (χ0n) is 16.6. The minimum Gasteiger partial charge on any atom is -0.495 e. The first-order valence-electron chi connectivity index (χ1n) is 9.32. The summed E-state index contributed by atoms with van der Waals surface area (Å²) in [5.74, 6) is -0.408. The van der Waals surface area contributed by atoms with E-state index in [0.717, 1.165) is 12.1 Å². The fourth-order valence-electron chi connectivity index (χ4n) is 3.15. The smallest absolute Gasteiger partial charge is 0.416 e. The Bertz CT molecular complexity index is 1260. The van der Waals surface area contributed by atoms with Gasteiger partial charge >= 0.3 is 12.1 Å². The molecule has 0 fully saturated rings. The molecule has 0 saturated heterocycles. The van der Waals surface area contributed by atoms with Gasteiger partial charge in [-0.3, -0.25) is 0 Å². The van der Waals surface area contributed by atoms with Crippen LogP contribution in [0, 0.1) is 0 Å². The lowest BCUT2D eigenvalue weighted by molar-refractivity contribution is -0.137. The van der Waals surface area contributed by atoms with E-state index in [1.807, 2.05) is 0 Å². The fourth-order valence-corrected chi connectivity index (χ4v) is 3.15. The van der Waals surface area contributed by atoms with Gasteiger partial charge in [0.05, 0.1) is 30.0 Å². The summed E-state index contributed by atoms with van der Waals surface area (Å²) in [6.45, 7) is 0. The molecule has 3 aromatic heterocycles. The van der Waals surface area contributed by atoms with Crippen LogP contribution < -0.4 is 4.74 Å². The van der Waals surface area contributed by atoms with E-state index in [1.54, 1.807) is 24.3 Å². The highest BCUT2D eigenvalue weighted by molar-refractivity contribution is 5.87. The number of benzene rings is 1. The van der Waals surface area contributed by atoms with Crippen molar-refractivity contribution in [3.63, 3.8) is 0 Å². The van der Waals surface area contributed by atoms with Gasteiger partial charge in [0.25, 0.3) is 0 Å². The summed E-state index contributed by atoms with van der Waals surface area (Å²) in [5.41, 5.74) is 0.0896. The molecular weight excluding hydrogens is 427 g/mol. The number of methoxy groups -OCH3 is 1. The van der Waals surface area contributed by atoms with Crippen molar-refractivity contribution in [1.29, 1.82) is 0 Å². The summed E-state index contributed by atoms with van der Waals surface area (Å²) < 4.78 is 50.6. The van der Waals surface area contributed by atoms with Crippen LogP contribution in [-0.2, 0) is 10.9 Å². The molecule has 4 aromatic rings. The van der Waals surface area contributed by atoms with Crippen molar-refractivity contribution in [2.45, 2.75) is 12.5 Å². The maximum atomic E-state index is 12.9. The topological polar surface area (TPSA) is 86.0 Å². The molecule has 0 saturated carbocycles. The highest BCUT2D eigenvalue weighted by Gasteiger charge is 2.31. The number of hydrogen-bond acceptors (Lipinski definition) is 6. The van der Waals surface area contributed by atoms with Crippen LogP contribution in [0.3, 0.4) is 0 Å². The molecule has 1 atom stereocenters. The molecule has 32 heavy (non-hydrogen) atoms. The zero-order chi connectivity index (χ0) is 22.9. The van der Waals surface area contributed by atoms with Crippen molar-refractivity contribution in [2.75, 3.05) is 7.11 Å². The van der Waals surface area contributed by atoms with E-state index in [-0.39, 0.29) is 17.0 Å². The molecule has 0 radical (unpaired) electrons. The Labute approximate surface area is 179 Å². The molecule has 7 nitrogen and oxygen atoms in total. The molecule has 0 aliphatic heterocycles. The minimum absolute atomic E-state index is 0.0132. The number of rotatable bonds is 5. The van der Waals surface area contributed by atoms with Crippen LogP contribution in [0.4, 0.5) is 13.2 Å². The number of halogens is 3. The number of carbonyl (C=O) groups excluding carboxylic acids is 1. The fraction of sp³-hybridized carbons (Fsp3) is 0.136. The maximum Gasteiger partial charge on any atom is 0.416 e. The van der Waals surface area contributed by atoms with E-state index in [2.05, 4.69) is 10.1 Å². The van der Waals surface area contributed by atoms with Gasteiger partial charge in [0.15, 0.2) is 0 Å². The van der Waals surface area contributed by atoms with Gasteiger partial charge in [0, 0.05) is 11.8 Å². The van der Waals surface area contributed by atoms with E-state index >= 15 is 0 Å². The molecule has 4 rings (SSSR count). The van der Waals surface area contributed by atoms with Gasteiger partial charge in [-0.1, -0.05) is 18.2 Å². The molecule has 0 bridgehead atoms. The lowest BCUT2D eigenvalue weighted by Gasteiger charge is -2.13. The lowest BCUT2D eigenvalue weighted by Crippen LogP contribution is -2.13. The lowest BCUT2D eigenvalue weighted by atomic mass is 10.0. The number of aliphatic hydroxyl groups is 1. The molecule has 0 aliphatic carbocycles. The Balaban J connectivity index is 1.78. The third kappa shape index (κ3) is 4.12. The van der Waals surface area contributed by atoms with Crippen LogP contribution in [0.1, 0.15) is 27.9 Å². The summed E-state index contributed by atoms with van der Waals surface area (Å²) in [7, 11) is 1.46. The van der Waals surface area contributed by atoms with Crippen LogP contribution in [0.2, 0.25) is 0 Å². The highest BCUT2D eigenvalue weighted by atomic mass is 19.4. The maximum absolute atomic E-state index is 12.9. The third-order valence-corrected chi connectivity index (χ3v) is 4.70. The first-order valence-corrected chi connectivity index (χ1v) is 9.32. The number of aromatic nitrogens is 3. The molecule has 164 valence electrons. The molecule has 1 aromatic carbocycles. The predicted molar refractivity (Wildman–Crippen MR) is 107 cm³/mol. The summed E-state index contributed by atoms with van der Waals surface area (Å²) in [5, 5.41) is 15.1. The van der Waals surface area contributed by atoms with E-state index in [1.165, 1.54) is 42.2 Å². The zero-order valence-corrected chi connectivity index (χ0v) is 16.6. The van der Waals surface area contributed by atoms with Crippen molar-refractivity contribution in [3.05, 3.63) is 83.8 Å². The average molecular weight is 443 g/mol. The van der Waals surface area contributed by atoms with Crippen LogP contribution in [0.5, 0.6) is 5.75 Å². The van der Waals surface area contributed by atoms with Gasteiger partial charge in [-0.05, 0) is 36.4 Å². The van der Waals surface area contributed by atoms with Gasteiger partial charge in [0.2, 0.25) is 6.29 Å². The van der Waals surface area contributed by atoms with Crippen LogP contribution in [0.15, 0.2) is 67.0 Å². The average Bonchev–Trinajstić information content (AvgIpc) is 3.18. The second-order valence-electron chi connectivity index (χ2n) is 6.71. The highest BCUT2D eigenvalue weighted by Crippen LogP contribution is 2.35. The van der Waals surface area contributed by atoms with Crippen molar-refractivity contribution in [1.82, 2.24) is 14.6 Å². The molecular formula is C22H16F3N3O4. The number of alkyl halides is 3. The monoisotopic (exact) mass is 443 g/mol. The number of nitrogens with zero attached hydrogens (tertiary/aromatic N) is 3. The van der Waals surface area contributed by atoms with Gasteiger partial charge in [-0.25, -0.2) is 14.3 Å². The van der Waals surface area contributed by atoms with Crippen molar-refractivity contribution in [3.8, 4) is 17.0 Å². The minimum atomic E-state index is -4.49. The van der Waals surface area contributed by atoms with Crippen LogP contribution >= 0.6 is 0 Å². The van der Waals surface area contributed by atoms with Crippen LogP contribution in [-0.4, -0.2) is 32.8 Å². The number of esters is 1. The Kier molecular flexibility index (Phi) is 5.54. The first kappa shape index (κ1) is 21.3. The summed E-state index contributed by atoms with van der Waals surface area (Å²) in [6.07, 6.45) is -3.32. The van der Waals surface area contributed by atoms with Gasteiger partial charge in [-0.15, -0.1) is 0 Å². The Hall–Kier alpha value is -3.92. The Morgan fingerprint density at radius 2 is 1.84 bits per heavy atom. The number of hydrogen-bond donors (Lipinski definition) is 1. The number of carbonyl (C=O) groups is 1. The van der Waals surface area contributed by atoms with E-state index in [0.29, 0.717) is 16.8 Å². The summed E-state index contributed by atoms with van der Waals surface area (Å²) in [6, 6.07) is 12.1. The number of pyridine rings is 2.